The smallest absolute Gasteiger partial charge is 0.339 e. The molecule has 0 radical (unpaired) electrons. The van der Waals surface area contributed by atoms with Crippen LogP contribution in [0, 0.1) is 13.8 Å². The summed E-state index contributed by atoms with van der Waals surface area (Å²) >= 11 is 0. The molecule has 0 N–H and O–H groups in total. The van der Waals surface area contributed by atoms with Crippen LogP contribution in [-0.2, 0) is 4.74 Å². The van der Waals surface area contributed by atoms with Gasteiger partial charge in [0.1, 0.15) is 0 Å². The fourth-order valence-corrected chi connectivity index (χ4v) is 2.09. The number of benzene rings is 1. The van der Waals surface area contributed by atoms with Gasteiger partial charge in [0.05, 0.1) is 23.9 Å². The highest BCUT2D eigenvalue weighted by Gasteiger charge is 2.16. The van der Waals surface area contributed by atoms with Crippen molar-refractivity contribution in [1.82, 2.24) is 4.98 Å². The zero-order valence-electron chi connectivity index (χ0n) is 10.8. The molecule has 1 aromatic carbocycles. The van der Waals surface area contributed by atoms with E-state index in [1.54, 1.807) is 0 Å². The van der Waals surface area contributed by atoms with E-state index in [-0.39, 0.29) is 11.3 Å². The number of hydrogen-bond donors (Lipinski definition) is 0. The van der Waals surface area contributed by atoms with E-state index in [1.807, 2.05) is 26.0 Å². The number of methoxy groups -OCH3 is 1. The first-order chi connectivity index (χ1) is 9.08. The third-order valence-electron chi connectivity index (χ3n) is 2.83. The molecule has 0 unspecified atom stereocenters. The topological polar surface area (TPSA) is 88.0 Å². The zero-order valence-corrected chi connectivity index (χ0v) is 10.8. The summed E-state index contributed by atoms with van der Waals surface area (Å²) in [6, 6.07) is 3.82. The number of nitrogens with zero attached hydrogens (tertiary/aromatic N) is 4. The molecule has 0 aliphatic rings. The second-order valence-corrected chi connectivity index (χ2v) is 4.18. The van der Waals surface area contributed by atoms with Gasteiger partial charge in [0.2, 0.25) is 0 Å². The highest BCUT2D eigenvalue weighted by atomic mass is 16.5. The lowest BCUT2D eigenvalue weighted by Gasteiger charge is -2.10. The van der Waals surface area contributed by atoms with Gasteiger partial charge in [0.25, 0.3) is 0 Å². The number of rotatable bonds is 2. The van der Waals surface area contributed by atoms with Gasteiger partial charge in [-0.15, -0.1) is 0 Å². The van der Waals surface area contributed by atoms with Crippen molar-refractivity contribution in [3.63, 3.8) is 0 Å². The van der Waals surface area contributed by atoms with Gasteiger partial charge in [-0.1, -0.05) is 11.2 Å². The third-order valence-corrected chi connectivity index (χ3v) is 2.83. The molecule has 96 valence electrons. The Morgan fingerprint density at radius 2 is 2.16 bits per heavy atom. The van der Waals surface area contributed by atoms with Crippen LogP contribution in [0.1, 0.15) is 21.5 Å². The molecule has 1 aromatic heterocycles. The minimum absolute atomic E-state index is 0.166. The maximum absolute atomic E-state index is 11.7. The predicted octanol–water partition coefficient (Wildman–Crippen LogP) is 3.58. The Hall–Kier alpha value is -2.59. The molecule has 1 heterocycles. The number of pyridine rings is 1. The van der Waals surface area contributed by atoms with Crippen molar-refractivity contribution in [3.05, 3.63) is 45.5 Å². The Bertz CT molecular complexity index is 718. The number of fused-ring (bicyclic) bond motifs is 1. The second-order valence-electron chi connectivity index (χ2n) is 4.18. The minimum atomic E-state index is -0.572. The van der Waals surface area contributed by atoms with Gasteiger partial charge in [-0.05, 0) is 36.6 Å². The number of ether oxygens (including phenoxy) is 1. The maximum atomic E-state index is 11.7. The van der Waals surface area contributed by atoms with Crippen LogP contribution in [0.4, 0.5) is 5.69 Å². The summed E-state index contributed by atoms with van der Waals surface area (Å²) in [7, 11) is 1.27. The van der Waals surface area contributed by atoms with E-state index in [4.69, 9.17) is 5.53 Å². The molecule has 2 rings (SSSR count). The Morgan fingerprint density at radius 3 is 2.79 bits per heavy atom. The molecule has 2 aromatic rings. The molecule has 6 nitrogen and oxygen atoms in total. The minimum Gasteiger partial charge on any atom is -0.465 e. The van der Waals surface area contributed by atoms with Crippen LogP contribution in [0.15, 0.2) is 23.4 Å². The molecule has 0 saturated carbocycles. The molecule has 6 heteroatoms. The summed E-state index contributed by atoms with van der Waals surface area (Å²) in [6.45, 7) is 3.84. The zero-order chi connectivity index (χ0) is 14.0. The number of carbonyl (C=O) groups is 1. The number of hydrogen-bond acceptors (Lipinski definition) is 4. The molecule has 0 aliphatic carbocycles. The monoisotopic (exact) mass is 256 g/mol. The van der Waals surface area contributed by atoms with Crippen molar-refractivity contribution >= 4 is 22.6 Å². The fourth-order valence-electron chi connectivity index (χ4n) is 2.09. The molecular formula is C13H12N4O2. The van der Waals surface area contributed by atoms with Gasteiger partial charge in [-0.3, -0.25) is 4.98 Å². The normalized spacial score (nSPS) is 10.1. The van der Waals surface area contributed by atoms with Crippen LogP contribution >= 0.6 is 0 Å². The molecule has 0 bridgehead atoms. The molecule has 0 aliphatic heterocycles. The molecule has 0 atom stereocenters. The third kappa shape index (κ3) is 2.21. The van der Waals surface area contributed by atoms with E-state index < -0.39 is 5.97 Å². The standard InChI is InChI=1S/C13H12N4O2/c1-7-4-8(2)11-10(5-7)15-6-9(13(18)19-3)12(11)16-17-14/h4-6H,1-3H3. The van der Waals surface area contributed by atoms with E-state index in [9.17, 15) is 4.79 Å². The van der Waals surface area contributed by atoms with Crippen molar-refractivity contribution in [2.24, 2.45) is 5.11 Å². The van der Waals surface area contributed by atoms with E-state index in [0.29, 0.717) is 10.9 Å². The van der Waals surface area contributed by atoms with Crippen molar-refractivity contribution in [3.8, 4) is 0 Å². The van der Waals surface area contributed by atoms with E-state index >= 15 is 0 Å². The summed E-state index contributed by atoms with van der Waals surface area (Å²) in [5.74, 6) is -0.572. The van der Waals surface area contributed by atoms with Gasteiger partial charge in [-0.25, -0.2) is 4.79 Å². The quantitative estimate of drug-likeness (QED) is 0.356. The van der Waals surface area contributed by atoms with E-state index in [1.165, 1.54) is 13.3 Å². The molecule has 0 fully saturated rings. The SMILES string of the molecule is COC(=O)c1cnc2cc(C)cc(C)c2c1N=[N+]=[N-]. The van der Waals surface area contributed by atoms with E-state index in [0.717, 1.165) is 11.1 Å². The molecule has 0 spiro atoms. The number of carbonyl (C=O) groups excluding carboxylic acids is 1. The number of aryl methyl sites for hydroxylation is 2. The second kappa shape index (κ2) is 4.96. The van der Waals surface area contributed by atoms with Crippen LogP contribution in [0.2, 0.25) is 0 Å². The van der Waals surface area contributed by atoms with Crippen LogP contribution < -0.4 is 0 Å². The molecule has 19 heavy (non-hydrogen) atoms. The molecule has 0 amide bonds. The molecule has 0 saturated heterocycles. The van der Waals surface area contributed by atoms with Gasteiger partial charge in [-0.2, -0.15) is 0 Å². The lowest BCUT2D eigenvalue weighted by molar-refractivity contribution is 0.0601. The number of azide groups is 1. The van der Waals surface area contributed by atoms with Crippen LogP contribution in [0.5, 0.6) is 0 Å². The summed E-state index contributed by atoms with van der Waals surface area (Å²) < 4.78 is 4.67. The molecular weight excluding hydrogens is 244 g/mol. The first-order valence-electron chi connectivity index (χ1n) is 5.62. The highest BCUT2D eigenvalue weighted by molar-refractivity contribution is 6.04. The van der Waals surface area contributed by atoms with Crippen molar-refractivity contribution in [2.45, 2.75) is 13.8 Å². The Balaban J connectivity index is 2.91. The largest absolute Gasteiger partial charge is 0.465 e. The first kappa shape index (κ1) is 12.9. The number of aromatic nitrogens is 1. The first-order valence-corrected chi connectivity index (χ1v) is 5.62. The predicted molar refractivity (Wildman–Crippen MR) is 71.4 cm³/mol. The number of esters is 1. The highest BCUT2D eigenvalue weighted by Crippen LogP contribution is 2.32. The van der Waals surface area contributed by atoms with Crippen LogP contribution in [-0.4, -0.2) is 18.1 Å². The maximum Gasteiger partial charge on any atom is 0.339 e. The average molecular weight is 256 g/mol. The Kier molecular flexibility index (Phi) is 3.35. The summed E-state index contributed by atoms with van der Waals surface area (Å²) in [5, 5.41) is 4.31. The lowest BCUT2D eigenvalue weighted by Crippen LogP contribution is -2.03. The van der Waals surface area contributed by atoms with Gasteiger partial charge >= 0.3 is 5.97 Å². The lowest BCUT2D eigenvalue weighted by atomic mass is 10.0. The summed E-state index contributed by atoms with van der Waals surface area (Å²) in [6.07, 6.45) is 1.37. The Labute approximate surface area is 109 Å². The summed E-state index contributed by atoms with van der Waals surface area (Å²) in [5.41, 5.74) is 11.8. The summed E-state index contributed by atoms with van der Waals surface area (Å²) in [4.78, 5) is 18.7. The van der Waals surface area contributed by atoms with Crippen molar-refractivity contribution < 1.29 is 9.53 Å². The van der Waals surface area contributed by atoms with Crippen molar-refractivity contribution in [2.75, 3.05) is 7.11 Å². The van der Waals surface area contributed by atoms with Crippen LogP contribution in [0.25, 0.3) is 21.3 Å². The van der Waals surface area contributed by atoms with Gasteiger partial charge < -0.3 is 4.74 Å². The van der Waals surface area contributed by atoms with Crippen LogP contribution in [0.3, 0.4) is 0 Å². The average Bonchev–Trinajstić information content (AvgIpc) is 2.37. The van der Waals surface area contributed by atoms with Crippen molar-refractivity contribution in [1.29, 1.82) is 0 Å². The van der Waals surface area contributed by atoms with E-state index in [2.05, 4.69) is 19.7 Å². The fraction of sp³-hybridized carbons (Fsp3) is 0.231. The van der Waals surface area contributed by atoms with Gasteiger partial charge in [0.15, 0.2) is 0 Å². The Morgan fingerprint density at radius 1 is 1.42 bits per heavy atom. The van der Waals surface area contributed by atoms with Gasteiger partial charge in [0, 0.05) is 16.5 Å².